The van der Waals surface area contributed by atoms with Crippen LogP contribution in [0.4, 0.5) is 0 Å². The average molecular weight is 594 g/mol. The van der Waals surface area contributed by atoms with E-state index >= 15 is 0 Å². The summed E-state index contributed by atoms with van der Waals surface area (Å²) < 4.78 is 32.8. The number of benzene rings is 1. The fourth-order valence-corrected chi connectivity index (χ4v) is 7.50. The Kier molecular flexibility index (Phi) is 12.8. The van der Waals surface area contributed by atoms with E-state index in [2.05, 4.69) is 46.8 Å². The van der Waals surface area contributed by atoms with Crippen molar-refractivity contribution in [1.82, 2.24) is 9.21 Å². The Morgan fingerprint density at radius 1 is 1.09 bits per heavy atom. The number of nitrogens with zero attached hydrogens (tertiary/aromatic N) is 2. The van der Waals surface area contributed by atoms with Crippen molar-refractivity contribution in [2.45, 2.75) is 90.7 Å². The van der Waals surface area contributed by atoms with Gasteiger partial charge in [0.05, 0.1) is 12.4 Å². The van der Waals surface area contributed by atoms with E-state index in [-0.39, 0.29) is 24.6 Å². The van der Waals surface area contributed by atoms with Gasteiger partial charge in [-0.15, -0.1) is 12.4 Å². The fraction of sp³-hybridized carbons (Fsp3) is 0.778. The smallest absolute Gasteiger partial charge is 0.211 e. The van der Waals surface area contributed by atoms with E-state index in [1.807, 2.05) is 13.0 Å². The Morgan fingerprint density at radius 3 is 2.31 bits per heavy atom. The summed E-state index contributed by atoms with van der Waals surface area (Å²) in [5, 5.41) is 0. The predicted molar refractivity (Wildman–Crippen MR) is 152 cm³/mol. The first-order valence-corrected chi connectivity index (χ1v) is 15.9. The number of hydrogen-bond donors (Lipinski definition) is 0. The van der Waals surface area contributed by atoms with E-state index in [0.717, 1.165) is 36.8 Å². The minimum Gasteiger partial charge on any atom is -0.491 e. The van der Waals surface area contributed by atoms with Crippen molar-refractivity contribution in [3.8, 4) is 5.75 Å². The summed E-state index contributed by atoms with van der Waals surface area (Å²) in [7, 11) is -3.08. The zero-order valence-corrected chi connectivity index (χ0v) is 25.3. The zero-order chi connectivity index (χ0) is 24.7. The van der Waals surface area contributed by atoms with E-state index in [9.17, 15) is 8.42 Å². The van der Waals surface area contributed by atoms with Crippen LogP contribution in [0.5, 0.6) is 5.75 Å². The van der Waals surface area contributed by atoms with Gasteiger partial charge in [0.1, 0.15) is 5.75 Å². The number of rotatable bonds is 11. The van der Waals surface area contributed by atoms with Gasteiger partial charge >= 0.3 is 0 Å². The van der Waals surface area contributed by atoms with Gasteiger partial charge in [-0.25, -0.2) is 8.42 Å². The zero-order valence-electron chi connectivity index (χ0n) is 22.0. The van der Waals surface area contributed by atoms with E-state index in [4.69, 9.17) is 4.74 Å². The van der Waals surface area contributed by atoms with Crippen molar-refractivity contribution < 1.29 is 13.2 Å². The van der Waals surface area contributed by atoms with Crippen LogP contribution in [0.2, 0.25) is 0 Å². The first-order valence-electron chi connectivity index (χ1n) is 13.3. The molecule has 0 spiro atoms. The maximum absolute atomic E-state index is 12.0. The molecule has 0 bridgehead atoms. The molecule has 2 aliphatic rings. The highest BCUT2D eigenvalue weighted by Crippen LogP contribution is 2.32. The third-order valence-electron chi connectivity index (χ3n) is 7.65. The highest BCUT2D eigenvalue weighted by molar-refractivity contribution is 9.10. The van der Waals surface area contributed by atoms with Crippen LogP contribution >= 0.6 is 28.3 Å². The fourth-order valence-electron chi connectivity index (χ4n) is 5.87. The molecule has 1 saturated heterocycles. The molecule has 0 amide bonds. The first-order chi connectivity index (χ1) is 16.2. The maximum Gasteiger partial charge on any atom is 0.211 e. The van der Waals surface area contributed by atoms with Gasteiger partial charge in [0.2, 0.25) is 10.0 Å². The molecule has 1 heterocycles. The van der Waals surface area contributed by atoms with Gasteiger partial charge < -0.3 is 9.64 Å². The largest absolute Gasteiger partial charge is 0.491 e. The summed E-state index contributed by atoms with van der Waals surface area (Å²) in [6.45, 7) is 10.3. The quantitative estimate of drug-likeness (QED) is 0.293. The molecule has 202 valence electrons. The molecular weight excluding hydrogens is 548 g/mol. The number of ether oxygens (including phenoxy) is 1. The Balaban J connectivity index is 0.00000432. The molecule has 1 aliphatic carbocycles. The summed E-state index contributed by atoms with van der Waals surface area (Å²) in [4.78, 5) is 2.65. The van der Waals surface area contributed by atoms with Crippen LogP contribution in [0.1, 0.15) is 77.7 Å². The number of piperidine rings is 1. The predicted octanol–water partition coefficient (Wildman–Crippen LogP) is 6.53. The lowest BCUT2D eigenvalue weighted by Gasteiger charge is -2.35. The molecule has 2 fully saturated rings. The van der Waals surface area contributed by atoms with E-state index < -0.39 is 10.0 Å². The minimum atomic E-state index is -3.08. The van der Waals surface area contributed by atoms with Crippen LogP contribution in [-0.2, 0) is 16.4 Å². The lowest BCUT2D eigenvalue weighted by molar-refractivity contribution is 0.169. The molecule has 3 rings (SSSR count). The second-order valence-electron chi connectivity index (χ2n) is 10.7. The monoisotopic (exact) mass is 592 g/mol. The number of likely N-dealkylation sites (tertiary alicyclic amines) is 1. The highest BCUT2D eigenvalue weighted by Gasteiger charge is 2.29. The standard InChI is InChI=1S/C27H45BrN2O3S.ClH/c1-5-30(34(4,31)32)25-10-8-22(9-11-25)7-6-16-29-17-14-23(15-18-29)19-24-20-26(33-21(2)3)12-13-27(24)28;/h12-13,20-23,25H,5-11,14-19H2,1-4H3;1H. The number of halogens is 2. The summed E-state index contributed by atoms with van der Waals surface area (Å²) in [6.07, 6.45) is 12.2. The summed E-state index contributed by atoms with van der Waals surface area (Å²) in [5.41, 5.74) is 1.37. The van der Waals surface area contributed by atoms with Gasteiger partial charge in [-0.3, -0.25) is 0 Å². The molecule has 8 heteroatoms. The van der Waals surface area contributed by atoms with E-state index in [1.165, 1.54) is 74.5 Å². The number of hydrogen-bond acceptors (Lipinski definition) is 4. The molecule has 0 aromatic heterocycles. The Bertz CT molecular complexity index is 867. The van der Waals surface area contributed by atoms with Gasteiger partial charge in [-0.05, 0) is 127 Å². The average Bonchev–Trinajstić information content (AvgIpc) is 2.77. The molecule has 0 atom stereocenters. The van der Waals surface area contributed by atoms with Crippen LogP contribution in [0.15, 0.2) is 22.7 Å². The molecule has 1 aromatic rings. The molecule has 0 unspecified atom stereocenters. The van der Waals surface area contributed by atoms with Gasteiger partial charge in [0.25, 0.3) is 0 Å². The highest BCUT2D eigenvalue weighted by atomic mass is 79.9. The molecular formula is C27H46BrClN2O3S. The summed E-state index contributed by atoms with van der Waals surface area (Å²) in [5.74, 6) is 2.48. The third kappa shape index (κ3) is 9.81. The van der Waals surface area contributed by atoms with Gasteiger partial charge in [-0.2, -0.15) is 4.31 Å². The molecule has 0 N–H and O–H groups in total. The van der Waals surface area contributed by atoms with Crippen molar-refractivity contribution in [3.05, 3.63) is 28.2 Å². The third-order valence-corrected chi connectivity index (χ3v) is 9.83. The van der Waals surface area contributed by atoms with Gasteiger partial charge in [0.15, 0.2) is 0 Å². The molecule has 1 aromatic carbocycles. The van der Waals surface area contributed by atoms with Crippen molar-refractivity contribution in [2.75, 3.05) is 32.4 Å². The van der Waals surface area contributed by atoms with Crippen molar-refractivity contribution in [1.29, 1.82) is 0 Å². The minimum absolute atomic E-state index is 0. The SMILES string of the molecule is CCN(C1CCC(CCCN2CCC(Cc3cc(OC(C)C)ccc3Br)CC2)CC1)S(C)(=O)=O.Cl. The molecule has 1 saturated carbocycles. The summed E-state index contributed by atoms with van der Waals surface area (Å²) in [6, 6.07) is 6.60. The molecule has 1 aliphatic heterocycles. The van der Waals surface area contributed by atoms with E-state index in [0.29, 0.717) is 6.54 Å². The van der Waals surface area contributed by atoms with Gasteiger partial charge in [0, 0.05) is 17.1 Å². The van der Waals surface area contributed by atoms with E-state index in [1.54, 1.807) is 4.31 Å². The summed E-state index contributed by atoms with van der Waals surface area (Å²) >= 11 is 3.73. The second-order valence-corrected chi connectivity index (χ2v) is 13.5. The van der Waals surface area contributed by atoms with Crippen molar-refractivity contribution >= 4 is 38.4 Å². The lowest BCUT2D eigenvalue weighted by atomic mass is 9.83. The first kappa shape index (κ1) is 30.9. The maximum atomic E-state index is 12.0. The molecule has 35 heavy (non-hydrogen) atoms. The number of sulfonamides is 1. The van der Waals surface area contributed by atoms with Crippen LogP contribution in [-0.4, -0.2) is 62.2 Å². The van der Waals surface area contributed by atoms with Gasteiger partial charge in [-0.1, -0.05) is 22.9 Å². The van der Waals surface area contributed by atoms with Crippen molar-refractivity contribution in [3.63, 3.8) is 0 Å². The Hall–Kier alpha value is -0.340. The van der Waals surface area contributed by atoms with Crippen LogP contribution in [0.25, 0.3) is 0 Å². The second kappa shape index (κ2) is 14.6. The lowest BCUT2D eigenvalue weighted by Crippen LogP contribution is -2.41. The molecule has 0 radical (unpaired) electrons. The van der Waals surface area contributed by atoms with Crippen LogP contribution in [0, 0.1) is 11.8 Å². The normalized spacial score (nSPS) is 22.4. The molecule has 5 nitrogen and oxygen atoms in total. The Morgan fingerprint density at radius 2 is 1.74 bits per heavy atom. The topological polar surface area (TPSA) is 49.9 Å². The van der Waals surface area contributed by atoms with Crippen LogP contribution in [0.3, 0.4) is 0 Å². The Labute approximate surface area is 228 Å². The van der Waals surface area contributed by atoms with Crippen LogP contribution < -0.4 is 4.74 Å². The van der Waals surface area contributed by atoms with Crippen molar-refractivity contribution in [2.24, 2.45) is 11.8 Å².